The molecule has 2 aromatic carbocycles. The number of nitrogens with one attached hydrogen (secondary N) is 1. The average Bonchev–Trinajstić information content (AvgIpc) is 2.86. The molecular formula is C29H28F3N3O5. The third kappa shape index (κ3) is 5.91. The van der Waals surface area contributed by atoms with Crippen LogP contribution in [0.25, 0.3) is 0 Å². The van der Waals surface area contributed by atoms with Crippen LogP contribution in [-0.2, 0) is 20.5 Å². The van der Waals surface area contributed by atoms with Gasteiger partial charge in [-0.25, -0.2) is 0 Å². The minimum Gasteiger partial charge on any atom is -0.490 e. The minimum atomic E-state index is -4.64. The van der Waals surface area contributed by atoms with E-state index in [1.807, 2.05) is 13.8 Å². The van der Waals surface area contributed by atoms with Crippen molar-refractivity contribution in [3.05, 3.63) is 76.4 Å². The summed E-state index contributed by atoms with van der Waals surface area (Å²) < 4.78 is 56.8. The minimum absolute atomic E-state index is 0.0779. The molecule has 210 valence electrons. The molecule has 40 heavy (non-hydrogen) atoms. The first-order valence-electron chi connectivity index (χ1n) is 12.5. The van der Waals surface area contributed by atoms with Gasteiger partial charge in [0.15, 0.2) is 23.9 Å². The molecule has 0 saturated carbocycles. The standard InChI is InChI=1S/C29H28F3N3O5/c1-4-38-22-11-16(25-17(14-33)27(34)40-23-13-28(2,3)12-20(36)26(23)25)9-10-21(22)39-15-24(37)35-19-8-6-5-7-18(19)29(30,31)32/h5-11,25H,4,12-13,15,34H2,1-3H3,(H,35,37). The van der Waals surface area contributed by atoms with Crippen LogP contribution in [0.2, 0.25) is 0 Å². The number of nitriles is 1. The van der Waals surface area contributed by atoms with Crippen molar-refractivity contribution in [3.63, 3.8) is 0 Å². The van der Waals surface area contributed by atoms with Gasteiger partial charge in [-0.1, -0.05) is 32.0 Å². The summed E-state index contributed by atoms with van der Waals surface area (Å²) in [6.07, 6.45) is -3.90. The van der Waals surface area contributed by atoms with Gasteiger partial charge < -0.3 is 25.3 Å². The number of ether oxygens (including phenoxy) is 3. The monoisotopic (exact) mass is 555 g/mol. The predicted molar refractivity (Wildman–Crippen MR) is 139 cm³/mol. The topological polar surface area (TPSA) is 124 Å². The number of benzene rings is 2. The van der Waals surface area contributed by atoms with Crippen LogP contribution < -0.4 is 20.5 Å². The van der Waals surface area contributed by atoms with E-state index in [9.17, 15) is 28.0 Å². The predicted octanol–water partition coefficient (Wildman–Crippen LogP) is 5.57. The maximum Gasteiger partial charge on any atom is 0.418 e. The lowest BCUT2D eigenvalue weighted by atomic mass is 9.70. The smallest absolute Gasteiger partial charge is 0.418 e. The normalized spacial score (nSPS) is 18.4. The number of halogens is 3. The highest BCUT2D eigenvalue weighted by molar-refractivity contribution is 6.00. The Balaban J connectivity index is 1.61. The fraction of sp³-hybridized carbons (Fsp3) is 0.345. The van der Waals surface area contributed by atoms with Crippen molar-refractivity contribution in [1.29, 1.82) is 5.26 Å². The van der Waals surface area contributed by atoms with Gasteiger partial charge in [0.25, 0.3) is 5.91 Å². The second-order valence-electron chi connectivity index (χ2n) is 10.2. The first kappa shape index (κ1) is 28.5. The number of nitrogens with two attached hydrogens (primary N) is 1. The van der Waals surface area contributed by atoms with Crippen molar-refractivity contribution in [3.8, 4) is 17.6 Å². The molecule has 1 unspecified atom stereocenters. The molecule has 4 rings (SSSR count). The Morgan fingerprint density at radius 1 is 1.18 bits per heavy atom. The number of amides is 1. The summed E-state index contributed by atoms with van der Waals surface area (Å²) >= 11 is 0. The van der Waals surface area contributed by atoms with Crippen molar-refractivity contribution in [2.24, 2.45) is 11.1 Å². The third-order valence-corrected chi connectivity index (χ3v) is 6.54. The maximum atomic E-state index is 13.3. The van der Waals surface area contributed by atoms with Gasteiger partial charge in [0.2, 0.25) is 5.88 Å². The lowest BCUT2D eigenvalue weighted by Gasteiger charge is -2.37. The quantitative estimate of drug-likeness (QED) is 0.458. The molecule has 1 aliphatic heterocycles. The molecule has 0 spiro atoms. The van der Waals surface area contributed by atoms with E-state index in [1.54, 1.807) is 19.1 Å². The Hall–Kier alpha value is -4.46. The lowest BCUT2D eigenvalue weighted by Crippen LogP contribution is -2.33. The number of hydrogen-bond acceptors (Lipinski definition) is 7. The molecule has 0 fully saturated rings. The van der Waals surface area contributed by atoms with Gasteiger partial charge >= 0.3 is 6.18 Å². The summed E-state index contributed by atoms with van der Waals surface area (Å²) in [4.78, 5) is 25.7. The van der Waals surface area contributed by atoms with Gasteiger partial charge in [0, 0.05) is 18.4 Å². The molecule has 0 saturated heterocycles. The Kier molecular flexibility index (Phi) is 7.82. The molecule has 0 bridgehead atoms. The van der Waals surface area contributed by atoms with Crippen molar-refractivity contribution in [2.75, 3.05) is 18.5 Å². The van der Waals surface area contributed by atoms with E-state index in [4.69, 9.17) is 19.9 Å². The summed E-state index contributed by atoms with van der Waals surface area (Å²) in [5.74, 6) is -1.02. The van der Waals surface area contributed by atoms with E-state index in [0.717, 1.165) is 12.1 Å². The molecule has 1 amide bonds. The number of ketones is 1. The number of allylic oxidation sites excluding steroid dienone is 3. The molecular weight excluding hydrogens is 527 g/mol. The number of rotatable bonds is 7. The average molecular weight is 556 g/mol. The third-order valence-electron chi connectivity index (χ3n) is 6.54. The van der Waals surface area contributed by atoms with Crippen LogP contribution in [0, 0.1) is 16.7 Å². The molecule has 11 heteroatoms. The van der Waals surface area contributed by atoms with Crippen LogP contribution in [0.5, 0.6) is 11.5 Å². The molecule has 0 aromatic heterocycles. The van der Waals surface area contributed by atoms with Gasteiger partial charge in [0.05, 0.1) is 23.8 Å². The highest BCUT2D eigenvalue weighted by atomic mass is 19.4. The zero-order valence-electron chi connectivity index (χ0n) is 22.1. The Morgan fingerprint density at radius 2 is 1.90 bits per heavy atom. The molecule has 1 aliphatic carbocycles. The number of Topliss-reactive ketones (excluding diaryl/α,β-unsaturated/α-hetero) is 1. The molecule has 1 heterocycles. The highest BCUT2D eigenvalue weighted by Gasteiger charge is 2.43. The zero-order chi connectivity index (χ0) is 29.2. The van der Waals surface area contributed by atoms with Crippen molar-refractivity contribution in [2.45, 2.75) is 45.7 Å². The lowest BCUT2D eigenvalue weighted by molar-refractivity contribution is -0.137. The molecule has 1 atom stereocenters. The molecule has 3 N–H and O–H groups in total. The van der Waals surface area contributed by atoms with Crippen LogP contribution >= 0.6 is 0 Å². The summed E-state index contributed by atoms with van der Waals surface area (Å²) in [6.45, 7) is 5.26. The molecule has 2 aromatic rings. The van der Waals surface area contributed by atoms with E-state index < -0.39 is 30.2 Å². The van der Waals surface area contributed by atoms with Crippen LogP contribution in [0.15, 0.2) is 65.3 Å². The largest absolute Gasteiger partial charge is 0.490 e. The molecule has 0 radical (unpaired) electrons. The van der Waals surface area contributed by atoms with Crippen LogP contribution in [0.4, 0.5) is 18.9 Å². The number of nitrogens with zero attached hydrogens (tertiary/aromatic N) is 1. The first-order valence-corrected chi connectivity index (χ1v) is 12.5. The van der Waals surface area contributed by atoms with Crippen LogP contribution in [0.1, 0.15) is 50.7 Å². The van der Waals surface area contributed by atoms with Crippen molar-refractivity contribution in [1.82, 2.24) is 0 Å². The van der Waals surface area contributed by atoms with E-state index in [0.29, 0.717) is 23.3 Å². The molecule has 8 nitrogen and oxygen atoms in total. The fourth-order valence-corrected chi connectivity index (χ4v) is 4.88. The van der Waals surface area contributed by atoms with Crippen LogP contribution in [-0.4, -0.2) is 24.9 Å². The van der Waals surface area contributed by atoms with Gasteiger partial charge in [-0.3, -0.25) is 9.59 Å². The van der Waals surface area contributed by atoms with Gasteiger partial charge in [-0.2, -0.15) is 18.4 Å². The molecule has 2 aliphatic rings. The highest BCUT2D eigenvalue weighted by Crippen LogP contribution is 2.48. The van der Waals surface area contributed by atoms with Gasteiger partial charge in [0.1, 0.15) is 17.4 Å². The van der Waals surface area contributed by atoms with Crippen molar-refractivity contribution >= 4 is 17.4 Å². The Labute approximate surface area is 229 Å². The first-order chi connectivity index (χ1) is 18.8. The van der Waals surface area contributed by atoms with Gasteiger partial charge in [-0.15, -0.1) is 0 Å². The number of carbonyl (C=O) groups excluding carboxylic acids is 2. The van der Waals surface area contributed by atoms with Crippen LogP contribution in [0.3, 0.4) is 0 Å². The number of alkyl halides is 3. The SMILES string of the molecule is CCOc1cc(C2C(C#N)=C(N)OC3=C2C(=O)CC(C)(C)C3)ccc1OCC(=O)Nc1ccccc1C(F)(F)F. The second-order valence-corrected chi connectivity index (χ2v) is 10.2. The zero-order valence-corrected chi connectivity index (χ0v) is 22.1. The number of anilines is 1. The Bertz CT molecular complexity index is 1450. The van der Waals surface area contributed by atoms with Crippen molar-refractivity contribution < 1.29 is 37.0 Å². The number of hydrogen-bond donors (Lipinski definition) is 2. The summed E-state index contributed by atoms with van der Waals surface area (Å²) in [5, 5.41) is 12.1. The van der Waals surface area contributed by atoms with E-state index in [1.165, 1.54) is 18.2 Å². The number of para-hydroxylation sites is 1. The summed E-state index contributed by atoms with van der Waals surface area (Å²) in [6, 6.07) is 11.4. The Morgan fingerprint density at radius 3 is 2.58 bits per heavy atom. The maximum absolute atomic E-state index is 13.3. The summed E-state index contributed by atoms with van der Waals surface area (Å²) in [5.41, 5.74) is 5.37. The van der Waals surface area contributed by atoms with E-state index in [2.05, 4.69) is 11.4 Å². The summed E-state index contributed by atoms with van der Waals surface area (Å²) in [7, 11) is 0. The van der Waals surface area contributed by atoms with E-state index in [-0.39, 0.29) is 52.9 Å². The van der Waals surface area contributed by atoms with E-state index >= 15 is 0 Å². The number of carbonyl (C=O) groups is 2. The second kappa shape index (κ2) is 11.0. The van der Waals surface area contributed by atoms with Gasteiger partial charge in [-0.05, 0) is 42.2 Å². The fourth-order valence-electron chi connectivity index (χ4n) is 4.88.